The van der Waals surface area contributed by atoms with Crippen molar-refractivity contribution < 1.29 is 9.53 Å². The molecule has 2 N–H and O–H groups in total. The maximum absolute atomic E-state index is 12.6. The number of carbonyl (C=O) groups is 1. The summed E-state index contributed by atoms with van der Waals surface area (Å²) in [5.74, 6) is 0.165. The van der Waals surface area contributed by atoms with Crippen LogP contribution in [0.2, 0.25) is 0 Å². The van der Waals surface area contributed by atoms with Crippen molar-refractivity contribution in [3.05, 3.63) is 70.3 Å². The zero-order valence-corrected chi connectivity index (χ0v) is 13.2. The normalized spacial score (nSPS) is 10.5. The fourth-order valence-corrected chi connectivity index (χ4v) is 2.45. The molecule has 0 unspecified atom stereocenters. The van der Waals surface area contributed by atoms with Gasteiger partial charge in [0.25, 0.3) is 5.91 Å². The molecule has 0 fully saturated rings. The van der Waals surface area contributed by atoms with E-state index < -0.39 is 5.91 Å². The van der Waals surface area contributed by atoms with Gasteiger partial charge < -0.3 is 15.0 Å². The number of ether oxygens (including phenoxy) is 1. The van der Waals surface area contributed by atoms with Gasteiger partial charge in [-0.05, 0) is 30.7 Å². The van der Waals surface area contributed by atoms with Crippen LogP contribution in [0.25, 0.3) is 10.9 Å². The summed E-state index contributed by atoms with van der Waals surface area (Å²) in [6, 6.07) is 8.84. The highest BCUT2D eigenvalue weighted by molar-refractivity contribution is 5.97. The number of aromatic nitrogens is 2. The zero-order chi connectivity index (χ0) is 16.9. The maximum Gasteiger partial charge on any atom is 0.257 e. The van der Waals surface area contributed by atoms with Crippen molar-refractivity contribution in [2.45, 2.75) is 13.5 Å². The highest BCUT2D eigenvalue weighted by Gasteiger charge is 2.14. The van der Waals surface area contributed by atoms with Crippen LogP contribution in [0.1, 0.15) is 22.8 Å². The van der Waals surface area contributed by atoms with E-state index in [4.69, 9.17) is 4.74 Å². The fourth-order valence-electron chi connectivity index (χ4n) is 2.45. The van der Waals surface area contributed by atoms with E-state index in [9.17, 15) is 9.59 Å². The Kier molecular flexibility index (Phi) is 4.56. The highest BCUT2D eigenvalue weighted by atomic mass is 16.5. The minimum absolute atomic E-state index is 0.0695. The minimum Gasteiger partial charge on any atom is -0.492 e. The van der Waals surface area contributed by atoms with E-state index in [-0.39, 0.29) is 11.0 Å². The van der Waals surface area contributed by atoms with Crippen LogP contribution in [-0.2, 0) is 6.54 Å². The van der Waals surface area contributed by atoms with Crippen LogP contribution in [0.15, 0.2) is 53.7 Å². The highest BCUT2D eigenvalue weighted by Crippen LogP contribution is 2.21. The quantitative estimate of drug-likeness (QED) is 0.754. The van der Waals surface area contributed by atoms with Gasteiger partial charge in [0, 0.05) is 25.1 Å². The topological polar surface area (TPSA) is 84.1 Å². The molecule has 1 amide bonds. The third-order valence-electron chi connectivity index (χ3n) is 3.60. The molecule has 2 heterocycles. The van der Waals surface area contributed by atoms with Gasteiger partial charge in [-0.2, -0.15) is 0 Å². The lowest BCUT2D eigenvalue weighted by Gasteiger charge is -2.09. The van der Waals surface area contributed by atoms with Crippen molar-refractivity contribution in [1.29, 1.82) is 0 Å². The van der Waals surface area contributed by atoms with Gasteiger partial charge in [-0.15, -0.1) is 0 Å². The molecular formula is C18H17N3O3. The Labute approximate surface area is 138 Å². The van der Waals surface area contributed by atoms with Crippen LogP contribution in [0.3, 0.4) is 0 Å². The molecule has 122 valence electrons. The largest absolute Gasteiger partial charge is 0.492 e. The molecule has 6 nitrogen and oxygen atoms in total. The first-order valence-electron chi connectivity index (χ1n) is 7.65. The summed E-state index contributed by atoms with van der Waals surface area (Å²) in [7, 11) is 0. The first-order valence-corrected chi connectivity index (χ1v) is 7.65. The number of para-hydroxylation sites is 1. The Morgan fingerprint density at radius 1 is 1.29 bits per heavy atom. The SMILES string of the molecule is CCOc1cccc2c(=O)c(C(=O)NCc3cccnc3)c[nH]c12. The molecular weight excluding hydrogens is 306 g/mol. The van der Waals surface area contributed by atoms with Crippen molar-refractivity contribution in [3.8, 4) is 5.75 Å². The van der Waals surface area contributed by atoms with E-state index >= 15 is 0 Å². The predicted molar refractivity (Wildman–Crippen MR) is 91.1 cm³/mol. The van der Waals surface area contributed by atoms with Gasteiger partial charge in [0.15, 0.2) is 0 Å². The van der Waals surface area contributed by atoms with E-state index in [1.165, 1.54) is 6.20 Å². The van der Waals surface area contributed by atoms with Crippen molar-refractivity contribution in [1.82, 2.24) is 15.3 Å². The summed E-state index contributed by atoms with van der Waals surface area (Å²) < 4.78 is 5.50. The Hall–Kier alpha value is -3.15. The summed E-state index contributed by atoms with van der Waals surface area (Å²) in [6.45, 7) is 2.68. The average molecular weight is 323 g/mol. The van der Waals surface area contributed by atoms with Crippen molar-refractivity contribution in [3.63, 3.8) is 0 Å². The second-order valence-electron chi connectivity index (χ2n) is 5.19. The van der Waals surface area contributed by atoms with Crippen LogP contribution in [0.5, 0.6) is 5.75 Å². The van der Waals surface area contributed by atoms with Crippen LogP contribution in [0, 0.1) is 0 Å². The molecule has 2 aromatic heterocycles. The van der Waals surface area contributed by atoms with Crippen LogP contribution < -0.4 is 15.5 Å². The maximum atomic E-state index is 12.6. The summed E-state index contributed by atoms with van der Waals surface area (Å²) in [5, 5.41) is 3.16. The van der Waals surface area contributed by atoms with Crippen molar-refractivity contribution in [2.75, 3.05) is 6.61 Å². The Balaban J connectivity index is 1.88. The summed E-state index contributed by atoms with van der Waals surface area (Å²) in [6.07, 6.45) is 4.75. The summed E-state index contributed by atoms with van der Waals surface area (Å²) >= 11 is 0. The lowest BCUT2D eigenvalue weighted by atomic mass is 10.1. The Morgan fingerprint density at radius 2 is 2.17 bits per heavy atom. The fraction of sp³-hybridized carbons (Fsp3) is 0.167. The molecule has 0 saturated heterocycles. The molecule has 6 heteroatoms. The van der Waals surface area contributed by atoms with Crippen molar-refractivity contribution in [2.24, 2.45) is 0 Å². The van der Waals surface area contributed by atoms with E-state index in [1.54, 1.807) is 36.7 Å². The molecule has 3 aromatic rings. The molecule has 24 heavy (non-hydrogen) atoms. The predicted octanol–water partition coefficient (Wildman–Crippen LogP) is 2.25. The smallest absolute Gasteiger partial charge is 0.257 e. The third kappa shape index (κ3) is 3.12. The lowest BCUT2D eigenvalue weighted by molar-refractivity contribution is 0.0949. The number of carbonyl (C=O) groups excluding carboxylic acids is 1. The number of nitrogens with one attached hydrogen (secondary N) is 2. The van der Waals surface area contributed by atoms with E-state index in [1.807, 2.05) is 13.0 Å². The number of aromatic amines is 1. The van der Waals surface area contributed by atoms with Crippen LogP contribution >= 0.6 is 0 Å². The number of nitrogens with zero attached hydrogens (tertiary/aromatic N) is 1. The van der Waals surface area contributed by atoms with Crippen LogP contribution in [-0.4, -0.2) is 22.5 Å². The van der Waals surface area contributed by atoms with Gasteiger partial charge in [0.05, 0.1) is 17.5 Å². The van der Waals surface area contributed by atoms with Gasteiger partial charge in [0.2, 0.25) is 5.43 Å². The van der Waals surface area contributed by atoms with E-state index in [0.717, 1.165) is 5.56 Å². The van der Waals surface area contributed by atoms with Gasteiger partial charge in [-0.25, -0.2) is 0 Å². The number of H-pyrrole nitrogens is 1. The molecule has 0 spiro atoms. The lowest BCUT2D eigenvalue weighted by Crippen LogP contribution is -2.28. The first-order chi connectivity index (χ1) is 11.7. The number of amides is 1. The molecule has 3 rings (SSSR count). The van der Waals surface area contributed by atoms with E-state index in [0.29, 0.717) is 29.8 Å². The summed E-state index contributed by atoms with van der Waals surface area (Å²) in [5.41, 5.74) is 1.20. The number of hydrogen-bond donors (Lipinski definition) is 2. The first kappa shape index (κ1) is 15.7. The summed E-state index contributed by atoms with van der Waals surface area (Å²) in [4.78, 5) is 31.9. The average Bonchev–Trinajstić information content (AvgIpc) is 2.62. The molecule has 0 aliphatic rings. The standard InChI is InChI=1S/C18H17N3O3/c1-2-24-15-7-3-6-13-16(15)20-11-14(17(13)22)18(23)21-10-12-5-4-8-19-9-12/h3-9,11H,2,10H2,1H3,(H,20,22)(H,21,23). The number of hydrogen-bond acceptors (Lipinski definition) is 4. The number of rotatable bonds is 5. The third-order valence-corrected chi connectivity index (χ3v) is 3.60. The molecule has 1 aromatic carbocycles. The second-order valence-corrected chi connectivity index (χ2v) is 5.19. The Bertz CT molecular complexity index is 920. The number of pyridine rings is 2. The number of fused-ring (bicyclic) bond motifs is 1. The monoisotopic (exact) mass is 323 g/mol. The van der Waals surface area contributed by atoms with E-state index in [2.05, 4.69) is 15.3 Å². The zero-order valence-electron chi connectivity index (χ0n) is 13.2. The van der Waals surface area contributed by atoms with Gasteiger partial charge in [-0.3, -0.25) is 14.6 Å². The van der Waals surface area contributed by atoms with Gasteiger partial charge in [0.1, 0.15) is 11.3 Å². The molecule has 0 saturated carbocycles. The number of benzene rings is 1. The molecule has 0 radical (unpaired) electrons. The molecule has 0 bridgehead atoms. The van der Waals surface area contributed by atoms with Gasteiger partial charge >= 0.3 is 0 Å². The van der Waals surface area contributed by atoms with Crippen molar-refractivity contribution >= 4 is 16.8 Å². The molecule has 0 aliphatic heterocycles. The van der Waals surface area contributed by atoms with Crippen LogP contribution in [0.4, 0.5) is 0 Å². The Morgan fingerprint density at radius 3 is 2.92 bits per heavy atom. The minimum atomic E-state index is -0.427. The second kappa shape index (κ2) is 6.95. The van der Waals surface area contributed by atoms with Gasteiger partial charge in [-0.1, -0.05) is 12.1 Å². The molecule has 0 atom stereocenters. The molecule has 0 aliphatic carbocycles.